The van der Waals surface area contributed by atoms with Crippen LogP contribution in [0.2, 0.25) is 0 Å². The van der Waals surface area contributed by atoms with Gasteiger partial charge in [-0.05, 0) is 39.3 Å². The summed E-state index contributed by atoms with van der Waals surface area (Å²) in [4.78, 5) is 8.46. The van der Waals surface area contributed by atoms with E-state index in [0.717, 1.165) is 26.2 Å². The molecule has 2 saturated heterocycles. The van der Waals surface area contributed by atoms with E-state index in [1.165, 1.54) is 24.2 Å². The van der Waals surface area contributed by atoms with E-state index in [1.807, 2.05) is 6.92 Å². The van der Waals surface area contributed by atoms with Crippen LogP contribution in [-0.2, 0) is 0 Å². The van der Waals surface area contributed by atoms with Crippen LogP contribution < -0.4 is 10.6 Å². The van der Waals surface area contributed by atoms with Crippen molar-refractivity contribution in [2.24, 2.45) is 4.99 Å². The Labute approximate surface area is 142 Å². The highest BCUT2D eigenvalue weighted by Gasteiger charge is 2.34. The first-order chi connectivity index (χ1) is 11.5. The van der Waals surface area contributed by atoms with Crippen LogP contribution in [0.15, 0.2) is 4.99 Å². The first-order valence-electron chi connectivity index (χ1n) is 9.02. The van der Waals surface area contributed by atoms with Gasteiger partial charge in [0.15, 0.2) is 5.96 Å². The predicted molar refractivity (Wildman–Crippen MR) is 90.3 cm³/mol. The molecule has 0 amide bonds. The fraction of sp³-hybridized carbons (Fsp3) is 0.938. The molecular weight excluding hydrogens is 319 g/mol. The summed E-state index contributed by atoms with van der Waals surface area (Å²) >= 11 is 0. The normalized spacial score (nSPS) is 24.3. The zero-order valence-corrected chi connectivity index (χ0v) is 14.5. The number of halogens is 3. The monoisotopic (exact) mass is 349 g/mol. The number of rotatable bonds is 6. The van der Waals surface area contributed by atoms with Crippen molar-refractivity contribution in [1.82, 2.24) is 20.4 Å². The molecular formula is C16H30F3N5. The third-order valence-electron chi connectivity index (χ3n) is 4.50. The van der Waals surface area contributed by atoms with Crippen LogP contribution in [0.3, 0.4) is 0 Å². The van der Waals surface area contributed by atoms with Gasteiger partial charge in [0.25, 0.3) is 0 Å². The Hall–Kier alpha value is -1.02. The summed E-state index contributed by atoms with van der Waals surface area (Å²) in [6, 6.07) is 0.0279. The molecule has 2 heterocycles. The molecule has 24 heavy (non-hydrogen) atoms. The van der Waals surface area contributed by atoms with Crippen LogP contribution in [0, 0.1) is 0 Å². The van der Waals surface area contributed by atoms with Gasteiger partial charge in [-0.25, -0.2) is 0 Å². The summed E-state index contributed by atoms with van der Waals surface area (Å²) < 4.78 is 37.4. The number of alkyl halides is 3. The maximum Gasteiger partial charge on any atom is 0.401 e. The van der Waals surface area contributed by atoms with Gasteiger partial charge in [-0.1, -0.05) is 6.42 Å². The van der Waals surface area contributed by atoms with Gasteiger partial charge in [-0.15, -0.1) is 0 Å². The molecule has 2 aliphatic rings. The quantitative estimate of drug-likeness (QED) is 0.565. The molecule has 0 aromatic heterocycles. The number of piperidine rings is 1. The molecule has 2 N–H and O–H groups in total. The van der Waals surface area contributed by atoms with E-state index in [1.54, 1.807) is 0 Å². The van der Waals surface area contributed by atoms with Crippen LogP contribution in [0.1, 0.15) is 32.6 Å². The summed E-state index contributed by atoms with van der Waals surface area (Å²) in [6.45, 7) is 6.76. The number of guanidine groups is 1. The zero-order chi connectivity index (χ0) is 17.4. The fourth-order valence-electron chi connectivity index (χ4n) is 3.35. The zero-order valence-electron chi connectivity index (χ0n) is 14.5. The molecule has 0 radical (unpaired) electrons. The van der Waals surface area contributed by atoms with Gasteiger partial charge in [0.05, 0.1) is 13.1 Å². The molecule has 0 aromatic carbocycles. The minimum Gasteiger partial charge on any atom is -0.357 e. The number of nitrogens with zero attached hydrogens (tertiary/aromatic N) is 3. The topological polar surface area (TPSA) is 42.9 Å². The van der Waals surface area contributed by atoms with Crippen LogP contribution in [-0.4, -0.2) is 80.3 Å². The van der Waals surface area contributed by atoms with Gasteiger partial charge in [0, 0.05) is 32.2 Å². The summed E-state index contributed by atoms with van der Waals surface area (Å²) in [5.74, 6) is 0.716. The molecule has 0 spiro atoms. The lowest BCUT2D eigenvalue weighted by Crippen LogP contribution is -2.45. The minimum atomic E-state index is -4.12. The lowest BCUT2D eigenvalue weighted by atomic mass is 10.1. The van der Waals surface area contributed by atoms with E-state index in [4.69, 9.17) is 0 Å². The fourth-order valence-corrected chi connectivity index (χ4v) is 3.35. The second-order valence-electron chi connectivity index (χ2n) is 6.64. The predicted octanol–water partition coefficient (Wildman–Crippen LogP) is 1.66. The first kappa shape index (κ1) is 19.3. The van der Waals surface area contributed by atoms with Gasteiger partial charge < -0.3 is 15.5 Å². The van der Waals surface area contributed by atoms with Crippen molar-refractivity contribution < 1.29 is 13.2 Å². The van der Waals surface area contributed by atoms with Crippen LogP contribution in [0.4, 0.5) is 13.2 Å². The van der Waals surface area contributed by atoms with E-state index >= 15 is 0 Å². The molecule has 0 aromatic rings. The maximum atomic E-state index is 12.5. The van der Waals surface area contributed by atoms with E-state index in [9.17, 15) is 13.2 Å². The Morgan fingerprint density at radius 1 is 1.12 bits per heavy atom. The molecule has 140 valence electrons. The van der Waals surface area contributed by atoms with E-state index < -0.39 is 12.7 Å². The number of hydrogen-bond donors (Lipinski definition) is 2. The molecule has 2 fully saturated rings. The minimum absolute atomic E-state index is 0.0279. The van der Waals surface area contributed by atoms with Gasteiger partial charge in [-0.2, -0.15) is 13.2 Å². The third kappa shape index (κ3) is 7.25. The smallest absolute Gasteiger partial charge is 0.357 e. The summed E-state index contributed by atoms with van der Waals surface area (Å²) in [6.07, 6.45) is 0.437. The van der Waals surface area contributed by atoms with Crippen molar-refractivity contribution >= 4 is 5.96 Å². The van der Waals surface area contributed by atoms with Crippen LogP contribution in [0.25, 0.3) is 0 Å². The SMILES string of the molecule is CCNC(=NCCN1CCCCC1)NC1CCN(CC(F)(F)F)C1. The highest BCUT2D eigenvalue weighted by Crippen LogP contribution is 2.19. The van der Waals surface area contributed by atoms with Crippen molar-refractivity contribution in [3.05, 3.63) is 0 Å². The summed E-state index contributed by atoms with van der Waals surface area (Å²) in [7, 11) is 0. The summed E-state index contributed by atoms with van der Waals surface area (Å²) in [5.41, 5.74) is 0. The second-order valence-corrected chi connectivity index (χ2v) is 6.64. The van der Waals surface area contributed by atoms with E-state index in [0.29, 0.717) is 32.0 Å². The lowest BCUT2D eigenvalue weighted by molar-refractivity contribution is -0.143. The van der Waals surface area contributed by atoms with Gasteiger partial charge in [0.2, 0.25) is 0 Å². The highest BCUT2D eigenvalue weighted by atomic mass is 19.4. The molecule has 2 aliphatic heterocycles. The Morgan fingerprint density at radius 3 is 2.54 bits per heavy atom. The molecule has 2 rings (SSSR count). The number of aliphatic imine (C=N–C) groups is 1. The second kappa shape index (κ2) is 9.46. The van der Waals surface area contributed by atoms with Gasteiger partial charge in [-0.3, -0.25) is 9.89 Å². The van der Waals surface area contributed by atoms with Crippen LogP contribution >= 0.6 is 0 Å². The Bertz CT molecular complexity index is 394. The van der Waals surface area contributed by atoms with Crippen molar-refractivity contribution in [2.45, 2.75) is 44.8 Å². The average molecular weight is 349 g/mol. The first-order valence-corrected chi connectivity index (χ1v) is 9.02. The molecule has 0 saturated carbocycles. The maximum absolute atomic E-state index is 12.5. The van der Waals surface area contributed by atoms with Crippen molar-refractivity contribution in [1.29, 1.82) is 0 Å². The molecule has 8 heteroatoms. The van der Waals surface area contributed by atoms with E-state index in [-0.39, 0.29) is 6.04 Å². The third-order valence-corrected chi connectivity index (χ3v) is 4.50. The number of nitrogens with one attached hydrogen (secondary N) is 2. The molecule has 0 bridgehead atoms. The molecule has 1 unspecified atom stereocenters. The Morgan fingerprint density at radius 2 is 1.88 bits per heavy atom. The standard InChI is InChI=1S/C16H30F3N5/c1-2-20-15(21-7-11-23-8-4-3-5-9-23)22-14-6-10-24(12-14)13-16(17,18)19/h14H,2-13H2,1H3,(H2,20,21,22). The highest BCUT2D eigenvalue weighted by molar-refractivity contribution is 5.80. The van der Waals surface area contributed by atoms with E-state index in [2.05, 4.69) is 20.5 Å². The number of hydrogen-bond acceptors (Lipinski definition) is 3. The lowest BCUT2D eigenvalue weighted by Gasteiger charge is -2.25. The van der Waals surface area contributed by atoms with Gasteiger partial charge >= 0.3 is 6.18 Å². The average Bonchev–Trinajstić information content (AvgIpc) is 2.93. The Kier molecular flexibility index (Phi) is 7.61. The largest absolute Gasteiger partial charge is 0.401 e. The van der Waals surface area contributed by atoms with Crippen molar-refractivity contribution in [3.8, 4) is 0 Å². The molecule has 5 nitrogen and oxygen atoms in total. The van der Waals surface area contributed by atoms with Gasteiger partial charge in [0.1, 0.15) is 0 Å². The molecule has 0 aliphatic carbocycles. The number of likely N-dealkylation sites (tertiary alicyclic amines) is 2. The molecule has 1 atom stereocenters. The Balaban J connectivity index is 1.74. The summed E-state index contributed by atoms with van der Waals surface area (Å²) in [5, 5.41) is 6.47. The van der Waals surface area contributed by atoms with Crippen molar-refractivity contribution in [3.63, 3.8) is 0 Å². The van der Waals surface area contributed by atoms with Crippen molar-refractivity contribution in [2.75, 3.05) is 52.4 Å². The van der Waals surface area contributed by atoms with Crippen LogP contribution in [0.5, 0.6) is 0 Å².